The first kappa shape index (κ1) is 12.1. The van der Waals surface area contributed by atoms with E-state index in [0.717, 1.165) is 17.7 Å². The molecule has 1 rings (SSSR count). The molecule has 1 aromatic carbocycles. The number of carbonyl (C=O) groups is 1. The van der Waals surface area contributed by atoms with Gasteiger partial charge in [-0.3, -0.25) is 0 Å². The summed E-state index contributed by atoms with van der Waals surface area (Å²) in [5, 5.41) is 0. The molecular formula is C12H16O2S. The van der Waals surface area contributed by atoms with E-state index in [1.165, 1.54) is 0 Å². The molecular weight excluding hydrogens is 208 g/mol. The first-order chi connectivity index (χ1) is 7.29. The average molecular weight is 224 g/mol. The molecule has 0 heterocycles. The SMILES string of the molecule is CCCCOC(=O)c1ccccc1SC. The molecule has 0 amide bonds. The van der Waals surface area contributed by atoms with Gasteiger partial charge < -0.3 is 4.74 Å². The van der Waals surface area contributed by atoms with Gasteiger partial charge in [0.15, 0.2) is 0 Å². The minimum absolute atomic E-state index is 0.214. The third kappa shape index (κ3) is 3.59. The molecule has 0 unspecified atom stereocenters. The molecule has 0 spiro atoms. The smallest absolute Gasteiger partial charge is 0.339 e. The van der Waals surface area contributed by atoms with Gasteiger partial charge >= 0.3 is 5.97 Å². The lowest BCUT2D eigenvalue weighted by molar-refractivity contribution is 0.0495. The topological polar surface area (TPSA) is 26.3 Å². The Morgan fingerprint density at radius 3 is 2.80 bits per heavy atom. The summed E-state index contributed by atoms with van der Waals surface area (Å²) < 4.78 is 5.16. The lowest BCUT2D eigenvalue weighted by Crippen LogP contribution is -2.07. The van der Waals surface area contributed by atoms with E-state index in [1.807, 2.05) is 24.5 Å². The Bertz CT molecular complexity index is 323. The molecule has 0 bridgehead atoms. The van der Waals surface area contributed by atoms with E-state index in [-0.39, 0.29) is 5.97 Å². The molecule has 3 heteroatoms. The molecule has 0 atom stereocenters. The number of thioether (sulfide) groups is 1. The Kier molecular flexibility index (Phi) is 5.26. The fourth-order valence-corrected chi connectivity index (χ4v) is 1.79. The van der Waals surface area contributed by atoms with E-state index in [4.69, 9.17) is 4.74 Å². The molecule has 15 heavy (non-hydrogen) atoms. The number of benzene rings is 1. The summed E-state index contributed by atoms with van der Waals surface area (Å²) in [6.45, 7) is 2.59. The number of unbranched alkanes of at least 4 members (excludes halogenated alkanes) is 1. The highest BCUT2D eigenvalue weighted by Gasteiger charge is 2.10. The molecule has 2 nitrogen and oxygen atoms in total. The van der Waals surface area contributed by atoms with Crippen molar-refractivity contribution in [2.45, 2.75) is 24.7 Å². The highest BCUT2D eigenvalue weighted by atomic mass is 32.2. The quantitative estimate of drug-likeness (QED) is 0.436. The highest BCUT2D eigenvalue weighted by molar-refractivity contribution is 7.98. The van der Waals surface area contributed by atoms with Crippen molar-refractivity contribution in [2.75, 3.05) is 12.9 Å². The van der Waals surface area contributed by atoms with Crippen LogP contribution in [0.5, 0.6) is 0 Å². The van der Waals surface area contributed by atoms with Crippen LogP contribution in [-0.2, 0) is 4.74 Å². The van der Waals surface area contributed by atoms with Crippen LogP contribution in [0.1, 0.15) is 30.1 Å². The normalized spacial score (nSPS) is 10.0. The fraction of sp³-hybridized carbons (Fsp3) is 0.417. The first-order valence-corrected chi connectivity index (χ1v) is 6.32. The lowest BCUT2D eigenvalue weighted by atomic mass is 10.2. The van der Waals surface area contributed by atoms with Gasteiger partial charge in [0.25, 0.3) is 0 Å². The zero-order chi connectivity index (χ0) is 11.1. The molecule has 0 aliphatic heterocycles. The first-order valence-electron chi connectivity index (χ1n) is 5.09. The predicted molar refractivity (Wildman–Crippen MR) is 63.4 cm³/mol. The summed E-state index contributed by atoms with van der Waals surface area (Å²) in [7, 11) is 0. The van der Waals surface area contributed by atoms with Crippen molar-refractivity contribution in [2.24, 2.45) is 0 Å². The van der Waals surface area contributed by atoms with E-state index < -0.39 is 0 Å². The molecule has 0 N–H and O–H groups in total. The second-order valence-electron chi connectivity index (χ2n) is 3.19. The van der Waals surface area contributed by atoms with Crippen molar-refractivity contribution >= 4 is 17.7 Å². The van der Waals surface area contributed by atoms with E-state index in [9.17, 15) is 4.79 Å². The zero-order valence-electron chi connectivity index (χ0n) is 9.16. The second-order valence-corrected chi connectivity index (χ2v) is 4.04. The molecule has 0 radical (unpaired) electrons. The van der Waals surface area contributed by atoms with Gasteiger partial charge in [0.2, 0.25) is 0 Å². The van der Waals surface area contributed by atoms with Crippen LogP contribution in [-0.4, -0.2) is 18.8 Å². The van der Waals surface area contributed by atoms with Crippen LogP contribution in [0.2, 0.25) is 0 Å². The van der Waals surface area contributed by atoms with Crippen LogP contribution in [0, 0.1) is 0 Å². The molecule has 0 saturated heterocycles. The summed E-state index contributed by atoms with van der Waals surface area (Å²) in [5.41, 5.74) is 0.668. The van der Waals surface area contributed by atoms with Crippen LogP contribution in [0.4, 0.5) is 0 Å². The number of esters is 1. The maximum absolute atomic E-state index is 11.7. The summed E-state index contributed by atoms with van der Waals surface area (Å²) in [6.07, 6.45) is 3.92. The van der Waals surface area contributed by atoms with Crippen molar-refractivity contribution < 1.29 is 9.53 Å². The molecule has 0 saturated carbocycles. The lowest BCUT2D eigenvalue weighted by Gasteiger charge is -2.06. The Morgan fingerprint density at radius 2 is 2.13 bits per heavy atom. The molecule has 1 aromatic rings. The predicted octanol–water partition coefficient (Wildman–Crippen LogP) is 3.37. The Morgan fingerprint density at radius 1 is 1.40 bits per heavy atom. The maximum Gasteiger partial charge on any atom is 0.339 e. The van der Waals surface area contributed by atoms with Gasteiger partial charge in [-0.15, -0.1) is 11.8 Å². The fourth-order valence-electron chi connectivity index (χ4n) is 1.20. The van der Waals surface area contributed by atoms with Gasteiger partial charge in [0.1, 0.15) is 0 Å². The van der Waals surface area contributed by atoms with Crippen LogP contribution >= 0.6 is 11.8 Å². The number of ether oxygens (including phenoxy) is 1. The van der Waals surface area contributed by atoms with E-state index in [0.29, 0.717) is 12.2 Å². The van der Waals surface area contributed by atoms with E-state index >= 15 is 0 Å². The van der Waals surface area contributed by atoms with Gasteiger partial charge in [-0.1, -0.05) is 25.5 Å². The standard InChI is InChI=1S/C12H16O2S/c1-3-4-9-14-12(13)10-7-5-6-8-11(10)15-2/h5-8H,3-4,9H2,1-2H3. The molecule has 0 fully saturated rings. The van der Waals surface area contributed by atoms with Crippen LogP contribution in [0.15, 0.2) is 29.2 Å². The van der Waals surface area contributed by atoms with Crippen LogP contribution < -0.4 is 0 Å². The van der Waals surface area contributed by atoms with Crippen molar-refractivity contribution in [1.29, 1.82) is 0 Å². The van der Waals surface area contributed by atoms with Gasteiger partial charge in [-0.25, -0.2) is 4.79 Å². The Hall–Kier alpha value is -0.960. The Balaban J connectivity index is 2.64. The number of hydrogen-bond donors (Lipinski definition) is 0. The largest absolute Gasteiger partial charge is 0.462 e. The molecule has 0 aliphatic rings. The van der Waals surface area contributed by atoms with Crippen LogP contribution in [0.25, 0.3) is 0 Å². The highest BCUT2D eigenvalue weighted by Crippen LogP contribution is 2.20. The van der Waals surface area contributed by atoms with Crippen molar-refractivity contribution in [3.8, 4) is 0 Å². The van der Waals surface area contributed by atoms with Gasteiger partial charge in [-0.2, -0.15) is 0 Å². The summed E-state index contributed by atoms with van der Waals surface area (Å²) in [6, 6.07) is 7.52. The summed E-state index contributed by atoms with van der Waals surface area (Å²) in [5.74, 6) is -0.214. The minimum Gasteiger partial charge on any atom is -0.462 e. The Labute approximate surface area is 95.0 Å². The third-order valence-electron chi connectivity index (χ3n) is 2.06. The van der Waals surface area contributed by atoms with Crippen molar-refractivity contribution in [3.63, 3.8) is 0 Å². The van der Waals surface area contributed by atoms with E-state index in [1.54, 1.807) is 17.8 Å². The maximum atomic E-state index is 11.7. The van der Waals surface area contributed by atoms with Crippen molar-refractivity contribution in [3.05, 3.63) is 29.8 Å². The van der Waals surface area contributed by atoms with E-state index in [2.05, 4.69) is 6.92 Å². The average Bonchev–Trinajstić information content (AvgIpc) is 2.29. The monoisotopic (exact) mass is 224 g/mol. The van der Waals surface area contributed by atoms with Gasteiger partial charge in [0.05, 0.1) is 12.2 Å². The number of hydrogen-bond acceptors (Lipinski definition) is 3. The number of carbonyl (C=O) groups excluding carboxylic acids is 1. The van der Waals surface area contributed by atoms with Gasteiger partial charge in [0, 0.05) is 4.90 Å². The van der Waals surface area contributed by atoms with Gasteiger partial charge in [-0.05, 0) is 24.8 Å². The molecule has 82 valence electrons. The molecule has 0 aliphatic carbocycles. The van der Waals surface area contributed by atoms with Crippen LogP contribution in [0.3, 0.4) is 0 Å². The zero-order valence-corrected chi connectivity index (χ0v) is 9.97. The molecule has 0 aromatic heterocycles. The summed E-state index contributed by atoms with van der Waals surface area (Å²) >= 11 is 1.56. The van der Waals surface area contributed by atoms with Crippen molar-refractivity contribution in [1.82, 2.24) is 0 Å². The summed E-state index contributed by atoms with van der Waals surface area (Å²) in [4.78, 5) is 12.6. The minimum atomic E-state index is -0.214. The second kappa shape index (κ2) is 6.51. The number of rotatable bonds is 5. The third-order valence-corrected chi connectivity index (χ3v) is 2.85.